The summed E-state index contributed by atoms with van der Waals surface area (Å²) >= 11 is 0. The summed E-state index contributed by atoms with van der Waals surface area (Å²) < 4.78 is 0. The molecular formula is C14H23N3O. The van der Waals surface area contributed by atoms with Crippen molar-refractivity contribution in [3.8, 4) is 0 Å². The van der Waals surface area contributed by atoms with Crippen molar-refractivity contribution in [2.45, 2.75) is 26.8 Å². The normalized spacial score (nSPS) is 10.2. The third-order valence-corrected chi connectivity index (χ3v) is 2.90. The molecule has 0 unspecified atom stereocenters. The largest absolute Gasteiger partial charge is 0.362 e. The predicted octanol–water partition coefficient (Wildman–Crippen LogP) is 1.42. The molecule has 1 aromatic rings. The number of anilines is 1. The summed E-state index contributed by atoms with van der Waals surface area (Å²) in [4.78, 5) is 13.6. The van der Waals surface area contributed by atoms with Gasteiger partial charge in [-0.25, -0.2) is 0 Å². The van der Waals surface area contributed by atoms with Crippen LogP contribution in [-0.2, 0) is 11.3 Å². The lowest BCUT2D eigenvalue weighted by molar-refractivity contribution is -0.119. The molecule has 4 nitrogen and oxygen atoms in total. The molecule has 0 aliphatic carbocycles. The number of aryl methyl sites for hydroxylation is 1. The van der Waals surface area contributed by atoms with Crippen molar-refractivity contribution in [1.29, 1.82) is 0 Å². The number of nitrogens with zero attached hydrogens (tertiary/aromatic N) is 1. The van der Waals surface area contributed by atoms with Crippen LogP contribution in [0.4, 0.5) is 5.69 Å². The molecule has 0 atom stereocenters. The minimum atomic E-state index is 0.0204. The van der Waals surface area contributed by atoms with E-state index >= 15 is 0 Å². The van der Waals surface area contributed by atoms with Gasteiger partial charge in [-0.2, -0.15) is 0 Å². The number of hydrogen-bond donors (Lipinski definition) is 2. The van der Waals surface area contributed by atoms with Crippen molar-refractivity contribution in [2.75, 3.05) is 25.0 Å². The van der Waals surface area contributed by atoms with E-state index in [0.29, 0.717) is 13.1 Å². The van der Waals surface area contributed by atoms with Gasteiger partial charge in [0.1, 0.15) is 0 Å². The Morgan fingerprint density at radius 2 is 2.17 bits per heavy atom. The minimum Gasteiger partial charge on any atom is -0.362 e. The van der Waals surface area contributed by atoms with Gasteiger partial charge in [-0.1, -0.05) is 24.6 Å². The van der Waals surface area contributed by atoms with E-state index < -0.39 is 0 Å². The molecule has 0 aromatic heterocycles. The van der Waals surface area contributed by atoms with E-state index in [0.717, 1.165) is 24.2 Å². The molecule has 0 fully saturated rings. The van der Waals surface area contributed by atoms with E-state index in [2.05, 4.69) is 35.3 Å². The predicted molar refractivity (Wildman–Crippen MR) is 75.6 cm³/mol. The summed E-state index contributed by atoms with van der Waals surface area (Å²) in [5.74, 6) is 0.0204. The number of carbonyl (C=O) groups is 1. The van der Waals surface area contributed by atoms with Gasteiger partial charge < -0.3 is 16.0 Å². The highest BCUT2D eigenvalue weighted by atomic mass is 16.1. The molecule has 0 spiro atoms. The molecule has 0 aliphatic heterocycles. The number of benzene rings is 1. The first-order valence-electron chi connectivity index (χ1n) is 6.37. The lowest BCUT2D eigenvalue weighted by atomic mass is 10.1. The third kappa shape index (κ3) is 3.74. The van der Waals surface area contributed by atoms with Crippen LogP contribution in [0.1, 0.15) is 24.5 Å². The molecule has 1 aromatic carbocycles. The molecule has 3 N–H and O–H groups in total. The van der Waals surface area contributed by atoms with Crippen LogP contribution in [0.2, 0.25) is 0 Å². The van der Waals surface area contributed by atoms with Crippen LogP contribution in [0.5, 0.6) is 0 Å². The van der Waals surface area contributed by atoms with E-state index in [1.807, 2.05) is 6.92 Å². The second kappa shape index (κ2) is 7.01. The van der Waals surface area contributed by atoms with Crippen LogP contribution >= 0.6 is 0 Å². The maximum absolute atomic E-state index is 11.6. The average Bonchev–Trinajstić information content (AvgIpc) is 2.37. The Hall–Kier alpha value is -1.55. The fourth-order valence-electron chi connectivity index (χ4n) is 1.99. The maximum Gasteiger partial charge on any atom is 0.239 e. The van der Waals surface area contributed by atoms with E-state index in [-0.39, 0.29) is 5.91 Å². The van der Waals surface area contributed by atoms with Gasteiger partial charge in [0.2, 0.25) is 5.91 Å². The molecule has 4 heteroatoms. The molecule has 1 amide bonds. The molecule has 18 heavy (non-hydrogen) atoms. The van der Waals surface area contributed by atoms with Gasteiger partial charge >= 0.3 is 0 Å². The molecule has 1 rings (SSSR count). The summed E-state index contributed by atoms with van der Waals surface area (Å²) in [5, 5.41) is 2.66. The van der Waals surface area contributed by atoms with Gasteiger partial charge in [0.15, 0.2) is 0 Å². The first-order chi connectivity index (χ1) is 8.62. The topological polar surface area (TPSA) is 58.4 Å². The van der Waals surface area contributed by atoms with Gasteiger partial charge in [-0.05, 0) is 25.0 Å². The molecule has 0 bridgehead atoms. The van der Waals surface area contributed by atoms with E-state index in [1.165, 1.54) is 5.56 Å². The Morgan fingerprint density at radius 1 is 1.44 bits per heavy atom. The number of hydrogen-bond acceptors (Lipinski definition) is 3. The Labute approximate surface area is 109 Å². The van der Waals surface area contributed by atoms with Crippen LogP contribution in [0, 0.1) is 6.92 Å². The highest BCUT2D eigenvalue weighted by Gasteiger charge is 2.13. The zero-order chi connectivity index (χ0) is 13.5. The molecule has 0 saturated heterocycles. The van der Waals surface area contributed by atoms with Crippen molar-refractivity contribution in [2.24, 2.45) is 5.73 Å². The zero-order valence-electron chi connectivity index (χ0n) is 11.5. The molecule has 0 saturated carbocycles. The maximum atomic E-state index is 11.6. The highest BCUT2D eigenvalue weighted by Crippen LogP contribution is 2.21. The smallest absolute Gasteiger partial charge is 0.239 e. The van der Waals surface area contributed by atoms with E-state index in [1.54, 1.807) is 7.05 Å². The van der Waals surface area contributed by atoms with Crippen LogP contribution in [0.15, 0.2) is 18.2 Å². The Morgan fingerprint density at radius 3 is 2.72 bits per heavy atom. The van der Waals surface area contributed by atoms with Crippen molar-refractivity contribution in [3.05, 3.63) is 29.3 Å². The second-order valence-corrected chi connectivity index (χ2v) is 4.43. The van der Waals surface area contributed by atoms with E-state index in [9.17, 15) is 4.79 Å². The van der Waals surface area contributed by atoms with Gasteiger partial charge in [-0.3, -0.25) is 4.79 Å². The average molecular weight is 249 g/mol. The van der Waals surface area contributed by atoms with Gasteiger partial charge in [0, 0.05) is 25.8 Å². The molecule has 0 aliphatic rings. The quantitative estimate of drug-likeness (QED) is 0.801. The number of nitrogens with two attached hydrogens (primary N) is 1. The monoisotopic (exact) mass is 249 g/mol. The Balaban J connectivity index is 3.00. The van der Waals surface area contributed by atoms with Gasteiger partial charge in [0.05, 0.1) is 6.54 Å². The number of amides is 1. The number of carbonyl (C=O) groups excluding carboxylic acids is 1. The fourth-order valence-corrected chi connectivity index (χ4v) is 1.99. The van der Waals surface area contributed by atoms with Gasteiger partial charge in [0.25, 0.3) is 0 Å². The van der Waals surface area contributed by atoms with Crippen LogP contribution in [0.3, 0.4) is 0 Å². The van der Waals surface area contributed by atoms with E-state index in [4.69, 9.17) is 5.73 Å². The molecule has 0 heterocycles. The Kier molecular flexibility index (Phi) is 5.65. The first-order valence-corrected chi connectivity index (χ1v) is 6.37. The van der Waals surface area contributed by atoms with Crippen molar-refractivity contribution < 1.29 is 4.79 Å². The lowest BCUT2D eigenvalue weighted by Crippen LogP contribution is -2.36. The molecule has 0 radical (unpaired) electrons. The summed E-state index contributed by atoms with van der Waals surface area (Å²) in [6.07, 6.45) is 0.995. The minimum absolute atomic E-state index is 0.0204. The standard InChI is InChI=1S/C14H23N3O/c1-4-7-17(10-14(18)16-3)13-6-5-11(2)8-12(13)9-15/h5-6,8H,4,7,9-10,15H2,1-3H3,(H,16,18). The number of nitrogens with one attached hydrogen (secondary N) is 1. The Bertz CT molecular complexity index is 404. The summed E-state index contributed by atoms with van der Waals surface area (Å²) in [7, 11) is 1.66. The SMILES string of the molecule is CCCN(CC(=O)NC)c1ccc(C)cc1CN. The van der Waals surface area contributed by atoms with Crippen molar-refractivity contribution >= 4 is 11.6 Å². The molecular weight excluding hydrogens is 226 g/mol. The zero-order valence-corrected chi connectivity index (χ0v) is 11.5. The summed E-state index contributed by atoms with van der Waals surface area (Å²) in [5.41, 5.74) is 9.13. The molecule has 100 valence electrons. The number of rotatable bonds is 6. The third-order valence-electron chi connectivity index (χ3n) is 2.90. The van der Waals surface area contributed by atoms with Crippen LogP contribution in [0.25, 0.3) is 0 Å². The lowest BCUT2D eigenvalue weighted by Gasteiger charge is -2.26. The fraction of sp³-hybridized carbons (Fsp3) is 0.500. The van der Waals surface area contributed by atoms with Crippen LogP contribution < -0.4 is 16.0 Å². The first kappa shape index (κ1) is 14.5. The highest BCUT2D eigenvalue weighted by molar-refractivity contribution is 5.81. The van der Waals surface area contributed by atoms with Gasteiger partial charge in [-0.15, -0.1) is 0 Å². The summed E-state index contributed by atoms with van der Waals surface area (Å²) in [6.45, 7) is 5.87. The second-order valence-electron chi connectivity index (χ2n) is 4.43. The van der Waals surface area contributed by atoms with Crippen LogP contribution in [-0.4, -0.2) is 26.0 Å². The van der Waals surface area contributed by atoms with Crippen molar-refractivity contribution in [1.82, 2.24) is 5.32 Å². The summed E-state index contributed by atoms with van der Waals surface area (Å²) in [6, 6.07) is 6.19. The van der Waals surface area contributed by atoms with Crippen molar-refractivity contribution in [3.63, 3.8) is 0 Å². The number of likely N-dealkylation sites (N-methyl/N-ethyl adjacent to an activating group) is 1.